The van der Waals surface area contributed by atoms with Gasteiger partial charge < -0.3 is 24.3 Å². The summed E-state index contributed by atoms with van der Waals surface area (Å²) in [4.78, 5) is 26.4. The first kappa shape index (κ1) is 23.7. The van der Waals surface area contributed by atoms with Crippen molar-refractivity contribution in [3.05, 3.63) is 40.2 Å². The van der Waals surface area contributed by atoms with Crippen molar-refractivity contribution in [2.24, 2.45) is 0 Å². The van der Waals surface area contributed by atoms with Gasteiger partial charge in [-0.3, -0.25) is 4.79 Å². The van der Waals surface area contributed by atoms with Crippen LogP contribution in [0.5, 0.6) is 17.2 Å². The van der Waals surface area contributed by atoms with E-state index in [1.54, 1.807) is 20.3 Å². The van der Waals surface area contributed by atoms with Crippen LogP contribution in [0, 0.1) is 0 Å². The standard InChI is InChI=1S/C25H33NO6/c1-6-7-8-14-32-25(28)20-15(2)26-17-10-9-11-18(27)22(17)21(20)16-12-13-19(29-3)24(31-5)23(16)30-4/h12-13,21,26H,6-11,14H2,1-5H3/t21-/m0/s1. The third-order valence-electron chi connectivity index (χ3n) is 6.02. The third kappa shape index (κ3) is 4.47. The lowest BCUT2D eigenvalue weighted by molar-refractivity contribution is -0.139. The molecule has 0 saturated heterocycles. The SMILES string of the molecule is CCCCCOC(=O)C1=C(C)NC2=C(C(=O)CCC2)[C@H]1c1ccc(OC)c(OC)c1OC. The molecule has 0 unspecified atom stereocenters. The molecule has 7 nitrogen and oxygen atoms in total. The number of esters is 1. The van der Waals surface area contributed by atoms with Crippen molar-refractivity contribution in [3.63, 3.8) is 0 Å². The molecule has 7 heteroatoms. The Kier molecular flexibility index (Phi) is 7.83. The molecule has 174 valence electrons. The van der Waals surface area contributed by atoms with Crippen molar-refractivity contribution in [3.8, 4) is 17.2 Å². The second kappa shape index (κ2) is 10.6. The zero-order valence-electron chi connectivity index (χ0n) is 19.6. The maximum Gasteiger partial charge on any atom is 0.336 e. The normalized spacial score (nSPS) is 18.2. The van der Waals surface area contributed by atoms with Gasteiger partial charge in [-0.15, -0.1) is 0 Å². The van der Waals surface area contributed by atoms with Crippen molar-refractivity contribution >= 4 is 11.8 Å². The Hall–Kier alpha value is -2.96. The molecule has 0 spiro atoms. The van der Waals surface area contributed by atoms with Crippen molar-refractivity contribution < 1.29 is 28.5 Å². The number of ether oxygens (including phenoxy) is 4. The number of Topliss-reactive ketones (excluding diaryl/α,β-unsaturated/α-hetero) is 1. The van der Waals surface area contributed by atoms with Crippen LogP contribution in [0.3, 0.4) is 0 Å². The van der Waals surface area contributed by atoms with Crippen LogP contribution in [0.2, 0.25) is 0 Å². The molecule has 1 aromatic carbocycles. The van der Waals surface area contributed by atoms with Crippen LogP contribution < -0.4 is 19.5 Å². The summed E-state index contributed by atoms with van der Waals surface area (Å²) in [7, 11) is 4.63. The summed E-state index contributed by atoms with van der Waals surface area (Å²) in [6, 6.07) is 3.60. The molecule has 1 aliphatic carbocycles. The Morgan fingerprint density at radius 1 is 1.06 bits per heavy atom. The van der Waals surface area contributed by atoms with Crippen LogP contribution in [0.1, 0.15) is 63.9 Å². The fourth-order valence-corrected chi connectivity index (χ4v) is 4.51. The lowest BCUT2D eigenvalue weighted by Crippen LogP contribution is -2.34. The van der Waals surface area contributed by atoms with E-state index in [-0.39, 0.29) is 5.78 Å². The molecule has 0 amide bonds. The average Bonchev–Trinajstić information content (AvgIpc) is 2.79. The van der Waals surface area contributed by atoms with E-state index < -0.39 is 11.9 Å². The number of benzene rings is 1. The minimum absolute atomic E-state index is 0.0318. The van der Waals surface area contributed by atoms with Crippen molar-refractivity contribution in [2.75, 3.05) is 27.9 Å². The first-order valence-electron chi connectivity index (χ1n) is 11.2. The van der Waals surface area contributed by atoms with E-state index in [0.717, 1.165) is 37.8 Å². The monoisotopic (exact) mass is 443 g/mol. The molecule has 1 N–H and O–H groups in total. The number of dihydropyridines is 1. The molecule has 0 radical (unpaired) electrons. The lowest BCUT2D eigenvalue weighted by Gasteiger charge is -2.35. The molecule has 0 fully saturated rings. The first-order valence-corrected chi connectivity index (χ1v) is 11.2. The number of hydrogen-bond acceptors (Lipinski definition) is 7. The Morgan fingerprint density at radius 2 is 1.81 bits per heavy atom. The van der Waals surface area contributed by atoms with Gasteiger partial charge in [0.15, 0.2) is 17.3 Å². The highest BCUT2D eigenvalue weighted by molar-refractivity contribution is 6.04. The van der Waals surface area contributed by atoms with E-state index in [9.17, 15) is 9.59 Å². The number of hydrogen-bond donors (Lipinski definition) is 1. The third-order valence-corrected chi connectivity index (χ3v) is 6.02. The van der Waals surface area contributed by atoms with Crippen LogP contribution in [0.25, 0.3) is 0 Å². The molecule has 3 rings (SSSR count). The predicted molar refractivity (Wildman–Crippen MR) is 121 cm³/mol. The molecular weight excluding hydrogens is 410 g/mol. The Bertz CT molecular complexity index is 946. The molecule has 0 bridgehead atoms. The molecule has 2 aliphatic rings. The van der Waals surface area contributed by atoms with Crippen molar-refractivity contribution in [2.45, 2.75) is 58.3 Å². The van der Waals surface area contributed by atoms with Gasteiger partial charge in [0.1, 0.15) is 0 Å². The van der Waals surface area contributed by atoms with Gasteiger partial charge in [0.2, 0.25) is 5.75 Å². The van der Waals surface area contributed by atoms with E-state index in [4.69, 9.17) is 18.9 Å². The topological polar surface area (TPSA) is 83.1 Å². The van der Waals surface area contributed by atoms with E-state index in [0.29, 0.717) is 52.7 Å². The Labute approximate surface area is 189 Å². The molecule has 0 saturated carbocycles. The van der Waals surface area contributed by atoms with Gasteiger partial charge in [-0.1, -0.05) is 25.8 Å². The fourth-order valence-electron chi connectivity index (χ4n) is 4.51. The predicted octanol–water partition coefficient (Wildman–Crippen LogP) is 4.41. The summed E-state index contributed by atoms with van der Waals surface area (Å²) < 4.78 is 22.3. The van der Waals surface area contributed by atoms with Crippen molar-refractivity contribution in [1.82, 2.24) is 5.32 Å². The van der Waals surface area contributed by atoms with Crippen LogP contribution in [-0.2, 0) is 14.3 Å². The minimum Gasteiger partial charge on any atom is -0.493 e. The average molecular weight is 444 g/mol. The molecule has 32 heavy (non-hydrogen) atoms. The zero-order chi connectivity index (χ0) is 23.3. The number of carbonyl (C=O) groups excluding carboxylic acids is 2. The molecule has 1 aromatic rings. The minimum atomic E-state index is -0.604. The number of ketones is 1. The van der Waals surface area contributed by atoms with Gasteiger partial charge in [-0.05, 0) is 32.3 Å². The maximum atomic E-state index is 13.3. The van der Waals surface area contributed by atoms with E-state index in [1.807, 2.05) is 13.0 Å². The number of unbranched alkanes of at least 4 members (excludes halogenated alkanes) is 2. The van der Waals surface area contributed by atoms with E-state index >= 15 is 0 Å². The smallest absolute Gasteiger partial charge is 0.336 e. The second-order valence-electron chi connectivity index (χ2n) is 8.03. The summed E-state index contributed by atoms with van der Waals surface area (Å²) >= 11 is 0. The fraction of sp³-hybridized carbons (Fsp3) is 0.520. The quantitative estimate of drug-likeness (QED) is 0.447. The zero-order valence-corrected chi connectivity index (χ0v) is 19.6. The summed E-state index contributed by atoms with van der Waals surface area (Å²) in [5, 5.41) is 3.31. The summed E-state index contributed by atoms with van der Waals surface area (Å²) in [6.45, 7) is 4.30. The van der Waals surface area contributed by atoms with Gasteiger partial charge >= 0.3 is 5.97 Å². The number of carbonyl (C=O) groups is 2. The number of methoxy groups -OCH3 is 3. The summed E-state index contributed by atoms with van der Waals surface area (Å²) in [5.74, 6) is 0.378. The Morgan fingerprint density at radius 3 is 2.47 bits per heavy atom. The molecule has 1 aliphatic heterocycles. The number of nitrogens with one attached hydrogen (secondary N) is 1. The molecular formula is C25H33NO6. The Balaban J connectivity index is 2.14. The first-order chi connectivity index (χ1) is 15.5. The van der Waals surface area contributed by atoms with Gasteiger partial charge in [-0.2, -0.15) is 0 Å². The second-order valence-corrected chi connectivity index (χ2v) is 8.03. The molecule has 0 aromatic heterocycles. The van der Waals surface area contributed by atoms with Gasteiger partial charge in [-0.25, -0.2) is 4.79 Å². The van der Waals surface area contributed by atoms with Gasteiger partial charge in [0, 0.05) is 29.0 Å². The highest BCUT2D eigenvalue weighted by Crippen LogP contribution is 2.50. The van der Waals surface area contributed by atoms with Crippen LogP contribution in [0.4, 0.5) is 0 Å². The van der Waals surface area contributed by atoms with Gasteiger partial charge in [0.05, 0.1) is 39.4 Å². The van der Waals surface area contributed by atoms with Crippen LogP contribution in [-0.4, -0.2) is 39.7 Å². The van der Waals surface area contributed by atoms with E-state index in [1.165, 1.54) is 7.11 Å². The van der Waals surface area contributed by atoms with E-state index in [2.05, 4.69) is 12.2 Å². The molecule has 1 atom stereocenters. The number of allylic oxidation sites excluding steroid dienone is 3. The molecule has 1 heterocycles. The summed E-state index contributed by atoms with van der Waals surface area (Å²) in [5.41, 5.74) is 3.27. The number of rotatable bonds is 9. The summed E-state index contributed by atoms with van der Waals surface area (Å²) in [6.07, 6.45) is 4.82. The maximum absolute atomic E-state index is 13.3. The highest BCUT2D eigenvalue weighted by Gasteiger charge is 2.41. The van der Waals surface area contributed by atoms with Gasteiger partial charge in [0.25, 0.3) is 0 Å². The van der Waals surface area contributed by atoms with Crippen LogP contribution in [0.15, 0.2) is 34.7 Å². The lowest BCUT2D eigenvalue weighted by atomic mass is 9.75. The highest BCUT2D eigenvalue weighted by atomic mass is 16.5. The van der Waals surface area contributed by atoms with Crippen LogP contribution >= 0.6 is 0 Å². The largest absolute Gasteiger partial charge is 0.493 e. The van der Waals surface area contributed by atoms with Crippen molar-refractivity contribution in [1.29, 1.82) is 0 Å².